The van der Waals surface area contributed by atoms with E-state index < -0.39 is 9.84 Å². The lowest BCUT2D eigenvalue weighted by Gasteiger charge is -2.33. The maximum Gasteiger partial charge on any atom is 0.156 e. The van der Waals surface area contributed by atoms with Gasteiger partial charge in [0.25, 0.3) is 0 Å². The number of aromatic nitrogens is 2. The van der Waals surface area contributed by atoms with Crippen molar-refractivity contribution in [2.45, 2.75) is 18.9 Å². The Labute approximate surface area is 188 Å². The number of piperidine rings is 1. The highest BCUT2D eigenvalue weighted by molar-refractivity contribution is 7.90. The first kappa shape index (κ1) is 22.1. The van der Waals surface area contributed by atoms with Gasteiger partial charge in [-0.2, -0.15) is 0 Å². The zero-order valence-electron chi connectivity index (χ0n) is 18.0. The molecule has 0 amide bonds. The molecule has 1 saturated heterocycles. The third kappa shape index (κ3) is 5.01. The van der Waals surface area contributed by atoms with E-state index in [1.165, 1.54) is 6.26 Å². The average Bonchev–Trinajstić information content (AvgIpc) is 2.78. The summed E-state index contributed by atoms with van der Waals surface area (Å²) in [6.07, 6.45) is 8.66. The molecule has 1 fully saturated rings. The van der Waals surface area contributed by atoms with Gasteiger partial charge in [-0.25, -0.2) is 8.42 Å². The third-order valence-corrected chi connectivity index (χ3v) is 6.66. The van der Waals surface area contributed by atoms with Crippen LogP contribution in [0.4, 0.5) is 5.82 Å². The molecule has 0 spiro atoms. The fourth-order valence-corrected chi connectivity index (χ4v) is 4.69. The first-order valence-corrected chi connectivity index (χ1v) is 12.6. The molecule has 7 nitrogen and oxygen atoms in total. The van der Waals surface area contributed by atoms with Crippen LogP contribution in [0.2, 0.25) is 0 Å². The molecule has 1 unspecified atom stereocenters. The van der Waals surface area contributed by atoms with Gasteiger partial charge in [0.2, 0.25) is 0 Å². The molecule has 1 aromatic heterocycles. The topological polar surface area (TPSA) is 95.4 Å². The predicted octanol–water partition coefficient (Wildman–Crippen LogP) is 2.90. The highest BCUT2D eigenvalue weighted by Crippen LogP contribution is 2.35. The second kappa shape index (κ2) is 9.15. The highest BCUT2D eigenvalue weighted by Gasteiger charge is 2.22. The molecule has 2 aromatic carbocycles. The molecule has 1 atom stereocenters. The number of nitrogens with one attached hydrogen (secondary N) is 1. The van der Waals surface area contributed by atoms with Crippen molar-refractivity contribution in [2.75, 3.05) is 37.0 Å². The summed E-state index contributed by atoms with van der Waals surface area (Å²) in [7, 11) is -2.98. The Morgan fingerprint density at radius 2 is 2.00 bits per heavy atom. The molecule has 0 radical (unpaired) electrons. The number of terminal acetylenes is 1. The van der Waals surface area contributed by atoms with Crippen molar-refractivity contribution in [1.29, 1.82) is 0 Å². The van der Waals surface area contributed by atoms with Crippen LogP contribution in [0.5, 0.6) is 5.75 Å². The van der Waals surface area contributed by atoms with Gasteiger partial charge in [-0.15, -0.1) is 16.6 Å². The third-order valence-electron chi connectivity index (χ3n) is 5.73. The van der Waals surface area contributed by atoms with Crippen LogP contribution >= 0.6 is 0 Å². The molecule has 0 aliphatic carbocycles. The SMILES string of the molecule is C#Cc1ccc(-c2nnc(NC3CCCN(CCS(C)(=O)=O)C3)c3ccccc23)c(O)c1. The van der Waals surface area contributed by atoms with Crippen LogP contribution < -0.4 is 5.32 Å². The molecule has 4 rings (SSSR count). The number of aromatic hydroxyl groups is 1. The van der Waals surface area contributed by atoms with Gasteiger partial charge in [0, 0.05) is 47.3 Å². The van der Waals surface area contributed by atoms with Crippen LogP contribution in [0.1, 0.15) is 18.4 Å². The zero-order valence-corrected chi connectivity index (χ0v) is 18.8. The van der Waals surface area contributed by atoms with Crippen molar-refractivity contribution in [3.05, 3.63) is 48.0 Å². The Morgan fingerprint density at radius 1 is 1.22 bits per heavy atom. The molecule has 0 bridgehead atoms. The monoisotopic (exact) mass is 450 g/mol. The zero-order chi connectivity index (χ0) is 22.7. The molecular weight excluding hydrogens is 424 g/mol. The minimum Gasteiger partial charge on any atom is -0.507 e. The molecule has 0 saturated carbocycles. The van der Waals surface area contributed by atoms with E-state index in [0.717, 1.165) is 36.7 Å². The maximum atomic E-state index is 11.5. The van der Waals surface area contributed by atoms with Crippen LogP contribution in [0.3, 0.4) is 0 Å². The van der Waals surface area contributed by atoms with Crippen molar-refractivity contribution in [1.82, 2.24) is 15.1 Å². The number of anilines is 1. The Hall–Kier alpha value is -3.15. The molecule has 8 heteroatoms. The summed E-state index contributed by atoms with van der Waals surface area (Å²) in [6, 6.07) is 13.0. The van der Waals surface area contributed by atoms with Crippen LogP contribution in [0.15, 0.2) is 42.5 Å². The second-order valence-electron chi connectivity index (χ2n) is 8.23. The summed E-state index contributed by atoms with van der Waals surface area (Å²) in [6.45, 7) is 2.18. The number of hydrogen-bond acceptors (Lipinski definition) is 7. The predicted molar refractivity (Wildman–Crippen MR) is 127 cm³/mol. The molecule has 1 aliphatic rings. The van der Waals surface area contributed by atoms with Gasteiger partial charge in [-0.3, -0.25) is 0 Å². The van der Waals surface area contributed by atoms with E-state index in [-0.39, 0.29) is 17.5 Å². The van der Waals surface area contributed by atoms with E-state index in [1.54, 1.807) is 18.2 Å². The van der Waals surface area contributed by atoms with Gasteiger partial charge in [0.15, 0.2) is 5.82 Å². The van der Waals surface area contributed by atoms with Gasteiger partial charge in [-0.1, -0.05) is 30.2 Å². The molecular formula is C24H26N4O3S. The number of phenols is 1. The fourth-order valence-electron chi connectivity index (χ4n) is 4.10. The Kier molecular flexibility index (Phi) is 6.31. The van der Waals surface area contributed by atoms with Gasteiger partial charge in [0.1, 0.15) is 21.3 Å². The number of nitrogens with zero attached hydrogens (tertiary/aromatic N) is 3. The Balaban J connectivity index is 1.60. The van der Waals surface area contributed by atoms with Crippen molar-refractivity contribution in [2.24, 2.45) is 0 Å². The molecule has 166 valence electrons. The summed E-state index contributed by atoms with van der Waals surface area (Å²) in [5, 5.41) is 24.6. The largest absolute Gasteiger partial charge is 0.507 e. The van der Waals surface area contributed by atoms with Crippen LogP contribution in [-0.4, -0.2) is 66.3 Å². The Bertz CT molecular complexity index is 1280. The van der Waals surface area contributed by atoms with Crippen LogP contribution in [-0.2, 0) is 9.84 Å². The van der Waals surface area contributed by atoms with E-state index in [2.05, 4.69) is 26.3 Å². The summed E-state index contributed by atoms with van der Waals surface area (Å²) < 4.78 is 23.0. The van der Waals surface area contributed by atoms with Crippen LogP contribution in [0, 0.1) is 12.3 Å². The maximum absolute atomic E-state index is 11.5. The summed E-state index contributed by atoms with van der Waals surface area (Å²) in [4.78, 5) is 2.18. The van der Waals surface area contributed by atoms with Crippen molar-refractivity contribution >= 4 is 26.4 Å². The van der Waals surface area contributed by atoms with E-state index in [1.807, 2.05) is 24.3 Å². The minimum atomic E-state index is -2.98. The average molecular weight is 451 g/mol. The van der Waals surface area contributed by atoms with E-state index >= 15 is 0 Å². The van der Waals surface area contributed by atoms with Gasteiger partial charge in [0.05, 0.1) is 5.75 Å². The van der Waals surface area contributed by atoms with Crippen molar-refractivity contribution < 1.29 is 13.5 Å². The second-order valence-corrected chi connectivity index (χ2v) is 10.5. The van der Waals surface area contributed by atoms with E-state index in [4.69, 9.17) is 6.42 Å². The van der Waals surface area contributed by atoms with Gasteiger partial charge in [-0.05, 0) is 37.6 Å². The molecule has 2 heterocycles. The number of fused-ring (bicyclic) bond motifs is 1. The number of sulfone groups is 1. The van der Waals surface area contributed by atoms with E-state index in [0.29, 0.717) is 29.2 Å². The first-order valence-electron chi connectivity index (χ1n) is 10.6. The van der Waals surface area contributed by atoms with Crippen molar-refractivity contribution in [3.63, 3.8) is 0 Å². The number of rotatable bonds is 6. The standard InChI is InChI=1S/C24H26N4O3S/c1-3-17-10-11-21(22(29)15-17)23-19-8-4-5-9-20(19)24(27-26-23)25-18-7-6-12-28(16-18)13-14-32(2,30)31/h1,4-5,8-11,15,18,29H,6-7,12-14,16H2,2H3,(H,25,27). The molecule has 32 heavy (non-hydrogen) atoms. The molecule has 1 aliphatic heterocycles. The smallest absolute Gasteiger partial charge is 0.156 e. The first-order chi connectivity index (χ1) is 15.3. The quantitative estimate of drug-likeness (QED) is 0.558. The number of likely N-dealkylation sites (tertiary alicyclic amines) is 1. The molecule has 3 aromatic rings. The van der Waals surface area contributed by atoms with Crippen molar-refractivity contribution in [3.8, 4) is 29.4 Å². The molecule has 2 N–H and O–H groups in total. The van der Waals surface area contributed by atoms with Gasteiger partial charge < -0.3 is 15.3 Å². The number of hydrogen-bond donors (Lipinski definition) is 2. The lowest BCUT2D eigenvalue weighted by Crippen LogP contribution is -2.43. The lowest BCUT2D eigenvalue weighted by molar-refractivity contribution is 0.227. The normalized spacial score (nSPS) is 17.2. The summed E-state index contributed by atoms with van der Waals surface area (Å²) in [5.74, 6) is 3.43. The number of phenolic OH excluding ortho intramolecular Hbond substituents is 1. The number of benzene rings is 2. The van der Waals surface area contributed by atoms with Crippen LogP contribution in [0.25, 0.3) is 22.0 Å². The summed E-state index contributed by atoms with van der Waals surface area (Å²) in [5.41, 5.74) is 1.76. The highest BCUT2D eigenvalue weighted by atomic mass is 32.2. The van der Waals surface area contributed by atoms with E-state index in [9.17, 15) is 13.5 Å². The fraction of sp³-hybridized carbons (Fsp3) is 0.333. The van der Waals surface area contributed by atoms with Gasteiger partial charge >= 0.3 is 0 Å². The summed E-state index contributed by atoms with van der Waals surface area (Å²) >= 11 is 0. The Morgan fingerprint density at radius 3 is 2.72 bits per heavy atom. The lowest BCUT2D eigenvalue weighted by atomic mass is 10.0. The minimum absolute atomic E-state index is 0.0643.